The molecule has 0 aromatic heterocycles. The average Bonchev–Trinajstić information content (AvgIpc) is 2.30. The van der Waals surface area contributed by atoms with E-state index in [-0.39, 0.29) is 18.1 Å². The number of rotatable bonds is 2. The number of hydrogen-bond donors (Lipinski definition) is 2. The number of carbonyl (C=O) groups is 1. The van der Waals surface area contributed by atoms with Gasteiger partial charge in [0.15, 0.2) is 0 Å². The lowest BCUT2D eigenvalue weighted by Gasteiger charge is -2.17. The molecule has 2 atom stereocenters. The van der Waals surface area contributed by atoms with Crippen LogP contribution in [0.5, 0.6) is 0 Å². The van der Waals surface area contributed by atoms with Gasteiger partial charge in [0.05, 0.1) is 6.10 Å². The monoisotopic (exact) mass is 172 g/mol. The predicted octanol–water partition coefficient (Wildman–Crippen LogP) is -0.812. The van der Waals surface area contributed by atoms with Crippen LogP contribution in [0.1, 0.15) is 12.8 Å². The lowest BCUT2D eigenvalue weighted by Crippen LogP contribution is -2.31. The number of carbonyl (C=O) groups excluding carboxylic acids is 1. The van der Waals surface area contributed by atoms with Crippen LogP contribution in [-0.4, -0.2) is 48.7 Å². The number of aliphatic hydroxyl groups excluding tert-OH is 1. The summed E-state index contributed by atoms with van der Waals surface area (Å²) in [6.07, 6.45) is 0.943. The molecule has 0 spiro atoms. The number of hydrogen-bond acceptors (Lipinski definition) is 3. The highest BCUT2D eigenvalue weighted by Gasteiger charge is 2.29. The fourth-order valence-corrected chi connectivity index (χ4v) is 1.61. The van der Waals surface area contributed by atoms with E-state index >= 15 is 0 Å². The van der Waals surface area contributed by atoms with Crippen LogP contribution < -0.4 is 5.32 Å². The summed E-state index contributed by atoms with van der Waals surface area (Å²) in [5.74, 6) is 0.0425. The number of amides is 1. The second kappa shape index (κ2) is 3.87. The molecular weight excluding hydrogens is 156 g/mol. The van der Waals surface area contributed by atoms with Crippen molar-refractivity contribution in [2.45, 2.75) is 25.0 Å². The highest BCUT2D eigenvalue weighted by molar-refractivity contribution is 5.76. The molecule has 1 amide bonds. The van der Waals surface area contributed by atoms with Crippen molar-refractivity contribution in [1.29, 1.82) is 0 Å². The van der Waals surface area contributed by atoms with Gasteiger partial charge in [-0.2, -0.15) is 0 Å². The van der Waals surface area contributed by atoms with Gasteiger partial charge in [0, 0.05) is 26.1 Å². The van der Waals surface area contributed by atoms with Crippen LogP contribution in [0.4, 0.5) is 0 Å². The molecular formula is C8H16N2O2. The van der Waals surface area contributed by atoms with Crippen molar-refractivity contribution in [2.75, 3.05) is 20.6 Å². The lowest BCUT2D eigenvalue weighted by molar-refractivity contribution is -0.121. The van der Waals surface area contributed by atoms with E-state index in [4.69, 9.17) is 0 Å². The van der Waals surface area contributed by atoms with Gasteiger partial charge >= 0.3 is 0 Å². The molecule has 1 fully saturated rings. The number of likely N-dealkylation sites (N-methyl/N-ethyl adjacent to an activating group) is 1. The molecule has 0 bridgehead atoms. The van der Waals surface area contributed by atoms with Gasteiger partial charge in [0.25, 0.3) is 0 Å². The third-order valence-electron chi connectivity index (χ3n) is 2.37. The maximum Gasteiger partial charge on any atom is 0.221 e. The minimum absolute atomic E-state index is 0.0425. The summed E-state index contributed by atoms with van der Waals surface area (Å²) in [5, 5.41) is 11.9. The molecule has 1 aliphatic rings. The Bertz CT molecular complexity index is 172. The quantitative estimate of drug-likeness (QED) is 0.572. The Hall–Kier alpha value is -0.610. The summed E-state index contributed by atoms with van der Waals surface area (Å²) in [4.78, 5) is 13.0. The first-order valence-electron chi connectivity index (χ1n) is 4.22. The zero-order valence-electron chi connectivity index (χ0n) is 7.58. The summed E-state index contributed by atoms with van der Waals surface area (Å²) < 4.78 is 0. The average molecular weight is 172 g/mol. The Morgan fingerprint density at radius 3 is 2.83 bits per heavy atom. The Morgan fingerprint density at radius 1 is 1.75 bits per heavy atom. The zero-order valence-corrected chi connectivity index (χ0v) is 7.58. The van der Waals surface area contributed by atoms with E-state index in [1.165, 1.54) is 0 Å². The molecule has 1 aliphatic heterocycles. The van der Waals surface area contributed by atoms with Crippen LogP contribution in [0.15, 0.2) is 0 Å². The minimum atomic E-state index is -0.260. The van der Waals surface area contributed by atoms with E-state index in [1.807, 2.05) is 11.9 Å². The molecule has 12 heavy (non-hydrogen) atoms. The van der Waals surface area contributed by atoms with Crippen molar-refractivity contribution >= 4 is 5.91 Å². The SMILES string of the molecule is CNC(=O)C[C@@H]1C[C@@H](O)CN1C. The molecule has 2 N–H and O–H groups in total. The molecule has 1 heterocycles. The third-order valence-corrected chi connectivity index (χ3v) is 2.37. The van der Waals surface area contributed by atoms with Crippen LogP contribution in [-0.2, 0) is 4.79 Å². The van der Waals surface area contributed by atoms with Gasteiger partial charge < -0.3 is 15.3 Å². The van der Waals surface area contributed by atoms with E-state index in [0.717, 1.165) is 0 Å². The van der Waals surface area contributed by atoms with Crippen molar-refractivity contribution in [3.8, 4) is 0 Å². The molecule has 0 unspecified atom stereocenters. The summed E-state index contributed by atoms with van der Waals surface area (Å²) in [5.41, 5.74) is 0. The van der Waals surface area contributed by atoms with Gasteiger partial charge in [-0.15, -0.1) is 0 Å². The third kappa shape index (κ3) is 2.19. The Balaban J connectivity index is 2.37. The molecule has 1 saturated heterocycles. The lowest BCUT2D eigenvalue weighted by atomic mass is 10.1. The molecule has 0 aliphatic carbocycles. The Kier molecular flexibility index (Phi) is 3.05. The van der Waals surface area contributed by atoms with E-state index in [2.05, 4.69) is 5.32 Å². The van der Waals surface area contributed by atoms with E-state index in [9.17, 15) is 9.90 Å². The summed E-state index contributed by atoms with van der Waals surface area (Å²) in [6, 6.07) is 0.208. The van der Waals surface area contributed by atoms with Crippen molar-refractivity contribution in [2.24, 2.45) is 0 Å². The first-order valence-corrected chi connectivity index (χ1v) is 4.22. The molecule has 70 valence electrons. The topological polar surface area (TPSA) is 52.6 Å². The fraction of sp³-hybridized carbons (Fsp3) is 0.875. The number of nitrogens with zero attached hydrogens (tertiary/aromatic N) is 1. The summed E-state index contributed by atoms with van der Waals surface area (Å²) in [7, 11) is 3.57. The van der Waals surface area contributed by atoms with Gasteiger partial charge in [-0.25, -0.2) is 0 Å². The van der Waals surface area contributed by atoms with Gasteiger partial charge in [-0.05, 0) is 13.5 Å². The Morgan fingerprint density at radius 2 is 2.42 bits per heavy atom. The van der Waals surface area contributed by atoms with Crippen LogP contribution >= 0.6 is 0 Å². The largest absolute Gasteiger partial charge is 0.392 e. The molecule has 4 heteroatoms. The fourth-order valence-electron chi connectivity index (χ4n) is 1.61. The number of likely N-dealkylation sites (tertiary alicyclic amines) is 1. The van der Waals surface area contributed by atoms with E-state index in [0.29, 0.717) is 19.4 Å². The van der Waals surface area contributed by atoms with Crippen LogP contribution in [0.25, 0.3) is 0 Å². The molecule has 1 rings (SSSR count). The molecule has 4 nitrogen and oxygen atoms in total. The summed E-state index contributed by atoms with van der Waals surface area (Å²) >= 11 is 0. The normalized spacial score (nSPS) is 30.6. The second-order valence-corrected chi connectivity index (χ2v) is 3.36. The maximum atomic E-state index is 11.0. The number of β-amino-alcohol motifs (C(OH)–C–C–N with tert-alkyl or cyclic N) is 1. The van der Waals surface area contributed by atoms with Gasteiger partial charge in [0.1, 0.15) is 0 Å². The molecule has 0 radical (unpaired) electrons. The van der Waals surface area contributed by atoms with Crippen LogP contribution in [0, 0.1) is 0 Å². The van der Waals surface area contributed by atoms with Crippen molar-refractivity contribution in [3.63, 3.8) is 0 Å². The zero-order chi connectivity index (χ0) is 9.14. The molecule has 0 saturated carbocycles. The maximum absolute atomic E-state index is 11.0. The molecule has 0 aromatic carbocycles. The minimum Gasteiger partial charge on any atom is -0.392 e. The van der Waals surface area contributed by atoms with E-state index < -0.39 is 0 Å². The van der Waals surface area contributed by atoms with Gasteiger partial charge in [-0.3, -0.25) is 4.79 Å². The Labute approximate surface area is 72.6 Å². The van der Waals surface area contributed by atoms with E-state index in [1.54, 1.807) is 7.05 Å². The number of nitrogens with one attached hydrogen (secondary N) is 1. The predicted molar refractivity (Wildman–Crippen MR) is 45.7 cm³/mol. The van der Waals surface area contributed by atoms with Crippen molar-refractivity contribution < 1.29 is 9.90 Å². The second-order valence-electron chi connectivity index (χ2n) is 3.36. The van der Waals surface area contributed by atoms with Crippen molar-refractivity contribution in [3.05, 3.63) is 0 Å². The highest BCUT2D eigenvalue weighted by atomic mass is 16.3. The smallest absolute Gasteiger partial charge is 0.221 e. The summed E-state index contributed by atoms with van der Waals surface area (Å²) in [6.45, 7) is 0.682. The van der Waals surface area contributed by atoms with Crippen molar-refractivity contribution in [1.82, 2.24) is 10.2 Å². The van der Waals surface area contributed by atoms with Gasteiger partial charge in [-0.1, -0.05) is 0 Å². The molecule has 0 aromatic rings. The highest BCUT2D eigenvalue weighted by Crippen LogP contribution is 2.17. The number of aliphatic hydroxyl groups is 1. The standard InChI is InChI=1S/C8H16N2O2/c1-9-8(12)4-6-3-7(11)5-10(6)2/h6-7,11H,3-5H2,1-2H3,(H,9,12)/t6-,7+/m0/s1. The van der Waals surface area contributed by atoms with Crippen LogP contribution in [0.2, 0.25) is 0 Å². The van der Waals surface area contributed by atoms with Crippen LogP contribution in [0.3, 0.4) is 0 Å². The first kappa shape index (κ1) is 9.48. The van der Waals surface area contributed by atoms with Gasteiger partial charge in [0.2, 0.25) is 5.91 Å². The first-order chi connectivity index (χ1) is 5.63.